The molecule has 1 saturated carbocycles. The lowest BCUT2D eigenvalue weighted by atomic mass is 9.82. The minimum Gasteiger partial charge on any atom is -0.342 e. The van der Waals surface area contributed by atoms with E-state index in [-0.39, 0.29) is 35.4 Å². The van der Waals surface area contributed by atoms with Crippen LogP contribution < -0.4 is 5.32 Å². The lowest BCUT2D eigenvalue weighted by Crippen LogP contribution is -2.68. The molecule has 108 valence electrons. The molecule has 19 heavy (non-hydrogen) atoms. The first-order valence-corrected chi connectivity index (χ1v) is 7.48. The van der Waals surface area contributed by atoms with Gasteiger partial charge in [0.15, 0.2) is 0 Å². The summed E-state index contributed by atoms with van der Waals surface area (Å²) in [6.07, 6.45) is 5.10. The number of hydrogen-bond donors (Lipinski definition) is 1. The van der Waals surface area contributed by atoms with E-state index in [1.54, 1.807) is 0 Å². The van der Waals surface area contributed by atoms with Crippen molar-refractivity contribution in [1.29, 1.82) is 0 Å². The molecule has 2 fully saturated rings. The molecule has 0 radical (unpaired) electrons. The van der Waals surface area contributed by atoms with E-state index < -0.39 is 0 Å². The van der Waals surface area contributed by atoms with Crippen LogP contribution in [0.2, 0.25) is 0 Å². The third-order valence-electron chi connectivity index (χ3n) is 4.34. The SMILES string of the molecule is CCC1NC(=O)C(C(C)(C)C)N(C2CCCC2)C1=O. The maximum Gasteiger partial charge on any atom is 0.246 e. The summed E-state index contributed by atoms with van der Waals surface area (Å²) in [4.78, 5) is 27.0. The summed E-state index contributed by atoms with van der Waals surface area (Å²) >= 11 is 0. The second-order valence-electron chi connectivity index (χ2n) is 6.92. The van der Waals surface area contributed by atoms with Gasteiger partial charge in [0.25, 0.3) is 0 Å². The average Bonchev–Trinajstić information content (AvgIpc) is 2.82. The highest BCUT2D eigenvalue weighted by Gasteiger charge is 2.48. The number of nitrogens with one attached hydrogen (secondary N) is 1. The van der Waals surface area contributed by atoms with Crippen molar-refractivity contribution in [3.63, 3.8) is 0 Å². The zero-order valence-electron chi connectivity index (χ0n) is 12.5. The van der Waals surface area contributed by atoms with E-state index in [2.05, 4.69) is 5.32 Å². The van der Waals surface area contributed by atoms with Crippen molar-refractivity contribution in [2.45, 2.75) is 77.9 Å². The molecule has 2 unspecified atom stereocenters. The van der Waals surface area contributed by atoms with Gasteiger partial charge in [-0.2, -0.15) is 0 Å². The van der Waals surface area contributed by atoms with Gasteiger partial charge >= 0.3 is 0 Å². The van der Waals surface area contributed by atoms with Crippen molar-refractivity contribution < 1.29 is 9.59 Å². The first kappa shape index (κ1) is 14.4. The van der Waals surface area contributed by atoms with Crippen LogP contribution in [-0.4, -0.2) is 34.8 Å². The summed E-state index contributed by atoms with van der Waals surface area (Å²) < 4.78 is 0. The minimum atomic E-state index is -0.328. The molecule has 1 N–H and O–H groups in total. The molecule has 1 aliphatic carbocycles. The Balaban J connectivity index is 2.33. The first-order chi connectivity index (χ1) is 8.86. The lowest BCUT2D eigenvalue weighted by molar-refractivity contribution is -0.157. The highest BCUT2D eigenvalue weighted by molar-refractivity contribution is 5.97. The highest BCUT2D eigenvalue weighted by Crippen LogP contribution is 2.34. The van der Waals surface area contributed by atoms with E-state index in [0.717, 1.165) is 12.8 Å². The number of nitrogens with zero attached hydrogens (tertiary/aromatic N) is 1. The zero-order valence-corrected chi connectivity index (χ0v) is 12.5. The van der Waals surface area contributed by atoms with Crippen LogP contribution in [0.4, 0.5) is 0 Å². The summed E-state index contributed by atoms with van der Waals surface area (Å²) in [7, 11) is 0. The van der Waals surface area contributed by atoms with Gasteiger partial charge in [-0.1, -0.05) is 40.5 Å². The van der Waals surface area contributed by atoms with Crippen LogP contribution in [0.5, 0.6) is 0 Å². The molecule has 0 aromatic heterocycles. The van der Waals surface area contributed by atoms with E-state index in [4.69, 9.17) is 0 Å². The van der Waals surface area contributed by atoms with Gasteiger partial charge in [0, 0.05) is 6.04 Å². The lowest BCUT2D eigenvalue weighted by Gasteiger charge is -2.47. The Morgan fingerprint density at radius 3 is 2.26 bits per heavy atom. The number of rotatable bonds is 2. The minimum absolute atomic E-state index is 0.0193. The van der Waals surface area contributed by atoms with Crippen LogP contribution >= 0.6 is 0 Å². The summed E-state index contributed by atoms with van der Waals surface area (Å²) in [5.41, 5.74) is -0.221. The number of amides is 2. The third-order valence-corrected chi connectivity index (χ3v) is 4.34. The van der Waals surface area contributed by atoms with Gasteiger partial charge < -0.3 is 10.2 Å². The number of hydrogen-bond acceptors (Lipinski definition) is 2. The number of piperazine rings is 1. The molecular weight excluding hydrogens is 240 g/mol. The molecule has 0 bridgehead atoms. The van der Waals surface area contributed by atoms with Crippen LogP contribution in [0, 0.1) is 5.41 Å². The normalized spacial score (nSPS) is 29.8. The molecule has 2 amide bonds. The fraction of sp³-hybridized carbons (Fsp3) is 0.867. The Hall–Kier alpha value is -1.06. The zero-order chi connectivity index (χ0) is 14.2. The molecule has 0 spiro atoms. The summed E-state index contributed by atoms with van der Waals surface area (Å²) in [5, 5.41) is 2.90. The standard InChI is InChI=1S/C15H26N2O2/c1-5-11-14(19)17(10-8-6-7-9-10)12(13(18)16-11)15(2,3)4/h10-12H,5-9H2,1-4H3,(H,16,18). The quantitative estimate of drug-likeness (QED) is 0.832. The van der Waals surface area contributed by atoms with Crippen molar-refractivity contribution >= 4 is 11.8 Å². The van der Waals surface area contributed by atoms with Gasteiger partial charge in [0.05, 0.1) is 0 Å². The van der Waals surface area contributed by atoms with Gasteiger partial charge in [0.2, 0.25) is 11.8 Å². The molecule has 1 saturated heterocycles. The van der Waals surface area contributed by atoms with E-state index in [9.17, 15) is 9.59 Å². The van der Waals surface area contributed by atoms with Gasteiger partial charge in [-0.05, 0) is 24.7 Å². The van der Waals surface area contributed by atoms with Gasteiger partial charge in [-0.3, -0.25) is 9.59 Å². The average molecular weight is 266 g/mol. The Bertz CT molecular complexity index is 367. The monoisotopic (exact) mass is 266 g/mol. The van der Waals surface area contributed by atoms with E-state index in [1.165, 1.54) is 12.8 Å². The second-order valence-corrected chi connectivity index (χ2v) is 6.92. The summed E-state index contributed by atoms with van der Waals surface area (Å²) in [6, 6.07) is -0.394. The van der Waals surface area contributed by atoms with Crippen molar-refractivity contribution in [1.82, 2.24) is 10.2 Å². The molecule has 0 aromatic rings. The van der Waals surface area contributed by atoms with Crippen LogP contribution in [0.15, 0.2) is 0 Å². The van der Waals surface area contributed by atoms with Crippen molar-refractivity contribution in [3.05, 3.63) is 0 Å². The largest absolute Gasteiger partial charge is 0.342 e. The van der Waals surface area contributed by atoms with Crippen LogP contribution in [-0.2, 0) is 9.59 Å². The predicted molar refractivity (Wildman–Crippen MR) is 74.6 cm³/mol. The highest BCUT2D eigenvalue weighted by atomic mass is 16.2. The molecule has 4 heteroatoms. The summed E-state index contributed by atoms with van der Waals surface area (Å²) in [6.45, 7) is 8.07. The topological polar surface area (TPSA) is 49.4 Å². The first-order valence-electron chi connectivity index (χ1n) is 7.48. The van der Waals surface area contributed by atoms with E-state index in [1.807, 2.05) is 32.6 Å². The summed E-state index contributed by atoms with van der Waals surface area (Å²) in [5.74, 6) is 0.139. The Kier molecular flexibility index (Phi) is 3.88. The Labute approximate surface area is 115 Å². The van der Waals surface area contributed by atoms with Gasteiger partial charge in [0.1, 0.15) is 12.1 Å². The van der Waals surface area contributed by atoms with Crippen molar-refractivity contribution in [2.75, 3.05) is 0 Å². The smallest absolute Gasteiger partial charge is 0.246 e. The molecule has 4 nitrogen and oxygen atoms in total. The fourth-order valence-electron chi connectivity index (χ4n) is 3.41. The van der Waals surface area contributed by atoms with Crippen molar-refractivity contribution in [3.8, 4) is 0 Å². The molecule has 1 aliphatic heterocycles. The Morgan fingerprint density at radius 2 is 1.79 bits per heavy atom. The molecule has 1 heterocycles. The van der Waals surface area contributed by atoms with Crippen molar-refractivity contribution in [2.24, 2.45) is 5.41 Å². The van der Waals surface area contributed by atoms with Crippen LogP contribution in [0.25, 0.3) is 0 Å². The number of carbonyl (C=O) groups excluding carboxylic acids is 2. The van der Waals surface area contributed by atoms with Gasteiger partial charge in [-0.15, -0.1) is 0 Å². The predicted octanol–water partition coefficient (Wildman–Crippen LogP) is 2.08. The van der Waals surface area contributed by atoms with Gasteiger partial charge in [-0.25, -0.2) is 0 Å². The molecule has 2 rings (SSSR count). The van der Waals surface area contributed by atoms with E-state index >= 15 is 0 Å². The third kappa shape index (κ3) is 2.63. The Morgan fingerprint density at radius 1 is 1.21 bits per heavy atom. The molecule has 2 atom stereocenters. The maximum absolute atomic E-state index is 12.7. The van der Waals surface area contributed by atoms with Crippen LogP contribution in [0.3, 0.4) is 0 Å². The number of carbonyl (C=O) groups is 2. The molecule has 2 aliphatic rings. The fourth-order valence-corrected chi connectivity index (χ4v) is 3.41. The van der Waals surface area contributed by atoms with Crippen LogP contribution in [0.1, 0.15) is 59.8 Å². The second kappa shape index (κ2) is 5.14. The molecular formula is C15H26N2O2. The van der Waals surface area contributed by atoms with E-state index in [0.29, 0.717) is 6.42 Å². The molecule has 0 aromatic carbocycles. The maximum atomic E-state index is 12.7.